The van der Waals surface area contributed by atoms with Crippen LogP contribution in [0.5, 0.6) is 0 Å². The van der Waals surface area contributed by atoms with Crippen molar-refractivity contribution in [3.63, 3.8) is 0 Å². The number of hydrogen-bond acceptors (Lipinski definition) is 2. The van der Waals surface area contributed by atoms with Gasteiger partial charge in [-0.05, 0) is 42.4 Å². The van der Waals surface area contributed by atoms with Gasteiger partial charge in [0.2, 0.25) is 0 Å². The summed E-state index contributed by atoms with van der Waals surface area (Å²) < 4.78 is 0. The first-order valence-electron chi connectivity index (χ1n) is 7.98. The molecule has 0 aromatic rings. The Morgan fingerprint density at radius 3 is 2.19 bits per heavy atom. The fourth-order valence-electron chi connectivity index (χ4n) is 2.83. The molecule has 0 aliphatic heterocycles. The van der Waals surface area contributed by atoms with Gasteiger partial charge >= 0.3 is 12.0 Å². The van der Waals surface area contributed by atoms with E-state index in [1.54, 1.807) is 0 Å². The lowest BCUT2D eigenvalue weighted by Crippen LogP contribution is -2.42. The van der Waals surface area contributed by atoms with E-state index in [1.807, 2.05) is 0 Å². The quantitative estimate of drug-likeness (QED) is 0.612. The third-order valence-electron chi connectivity index (χ3n) is 4.54. The molecule has 0 spiro atoms. The van der Waals surface area contributed by atoms with E-state index in [9.17, 15) is 9.59 Å². The molecule has 1 aliphatic carbocycles. The standard InChI is InChI=1S/C16H30N2O3/c1-11(2)7-13(8-14(19)20)9-17-15(21)18-10-16(5-6-16)12(3)4/h11-13H,5-10H2,1-4H3,(H,19,20)(H2,17,18,21). The fraction of sp³-hybridized carbons (Fsp3) is 0.875. The molecule has 1 fully saturated rings. The van der Waals surface area contributed by atoms with Gasteiger partial charge in [0.25, 0.3) is 0 Å². The van der Waals surface area contributed by atoms with E-state index in [2.05, 4.69) is 38.3 Å². The van der Waals surface area contributed by atoms with E-state index in [4.69, 9.17) is 5.11 Å². The summed E-state index contributed by atoms with van der Waals surface area (Å²) in [4.78, 5) is 22.7. The first-order chi connectivity index (χ1) is 9.75. The number of carboxylic acid groups (broad SMARTS) is 1. The number of rotatable bonds is 9. The monoisotopic (exact) mass is 298 g/mol. The second-order valence-electron chi connectivity index (χ2n) is 7.17. The van der Waals surface area contributed by atoms with E-state index in [-0.39, 0.29) is 23.8 Å². The summed E-state index contributed by atoms with van der Waals surface area (Å²) in [6.07, 6.45) is 3.27. The van der Waals surface area contributed by atoms with Crippen LogP contribution in [0.15, 0.2) is 0 Å². The zero-order chi connectivity index (χ0) is 16.0. The van der Waals surface area contributed by atoms with Crippen molar-refractivity contribution in [1.82, 2.24) is 10.6 Å². The van der Waals surface area contributed by atoms with Crippen LogP contribution in [-0.4, -0.2) is 30.2 Å². The molecule has 1 saturated carbocycles. The fourth-order valence-corrected chi connectivity index (χ4v) is 2.83. The van der Waals surface area contributed by atoms with Crippen molar-refractivity contribution in [2.24, 2.45) is 23.2 Å². The summed E-state index contributed by atoms with van der Waals surface area (Å²) in [7, 11) is 0. The van der Waals surface area contributed by atoms with Crippen molar-refractivity contribution >= 4 is 12.0 Å². The average molecular weight is 298 g/mol. The predicted molar refractivity (Wildman–Crippen MR) is 83.1 cm³/mol. The first-order valence-corrected chi connectivity index (χ1v) is 7.98. The minimum atomic E-state index is -0.806. The first kappa shape index (κ1) is 17.8. The summed E-state index contributed by atoms with van der Waals surface area (Å²) in [5.74, 6) is 0.196. The third kappa shape index (κ3) is 6.36. The Labute approximate surface area is 127 Å². The molecule has 1 rings (SSSR count). The summed E-state index contributed by atoms with van der Waals surface area (Å²) in [5, 5.41) is 14.7. The summed E-state index contributed by atoms with van der Waals surface area (Å²) in [6.45, 7) is 9.65. The van der Waals surface area contributed by atoms with Gasteiger partial charge in [0.15, 0.2) is 0 Å². The van der Waals surface area contributed by atoms with Gasteiger partial charge < -0.3 is 15.7 Å². The van der Waals surface area contributed by atoms with Gasteiger partial charge in [-0.1, -0.05) is 27.7 Å². The van der Waals surface area contributed by atoms with E-state index >= 15 is 0 Å². The highest BCUT2D eigenvalue weighted by molar-refractivity contribution is 5.74. The molecule has 2 amide bonds. The van der Waals surface area contributed by atoms with Crippen LogP contribution in [0.2, 0.25) is 0 Å². The number of nitrogens with one attached hydrogen (secondary N) is 2. The number of amides is 2. The molecule has 21 heavy (non-hydrogen) atoms. The largest absolute Gasteiger partial charge is 0.481 e. The Hall–Kier alpha value is -1.26. The van der Waals surface area contributed by atoms with Gasteiger partial charge in [-0.25, -0.2) is 4.79 Å². The SMILES string of the molecule is CC(C)CC(CNC(=O)NCC1(C(C)C)CC1)CC(=O)O. The molecule has 3 N–H and O–H groups in total. The third-order valence-corrected chi connectivity index (χ3v) is 4.54. The Morgan fingerprint density at radius 1 is 1.14 bits per heavy atom. The molecule has 0 aromatic carbocycles. The Balaban J connectivity index is 2.30. The van der Waals surface area contributed by atoms with Crippen molar-refractivity contribution in [3.05, 3.63) is 0 Å². The maximum Gasteiger partial charge on any atom is 0.314 e. The van der Waals surface area contributed by atoms with Gasteiger partial charge in [-0.3, -0.25) is 4.79 Å². The molecule has 1 atom stereocenters. The maximum absolute atomic E-state index is 11.8. The van der Waals surface area contributed by atoms with Crippen LogP contribution >= 0.6 is 0 Å². The molecule has 122 valence electrons. The normalized spacial score (nSPS) is 17.6. The number of carbonyl (C=O) groups excluding carboxylic acids is 1. The van der Waals surface area contributed by atoms with Crippen LogP contribution in [0.1, 0.15) is 53.4 Å². The summed E-state index contributed by atoms with van der Waals surface area (Å²) in [6, 6.07) is -0.180. The molecular weight excluding hydrogens is 268 g/mol. The number of aliphatic carboxylic acids is 1. The molecule has 1 aliphatic rings. The molecule has 5 nitrogen and oxygen atoms in total. The smallest absolute Gasteiger partial charge is 0.314 e. The minimum absolute atomic E-state index is 0.00626. The Kier molecular flexibility index (Phi) is 6.49. The lowest BCUT2D eigenvalue weighted by Gasteiger charge is -2.21. The van der Waals surface area contributed by atoms with Gasteiger partial charge in [-0.2, -0.15) is 0 Å². The highest BCUT2D eigenvalue weighted by Gasteiger charge is 2.45. The molecule has 0 saturated heterocycles. The lowest BCUT2D eigenvalue weighted by molar-refractivity contribution is -0.138. The Bertz CT molecular complexity index is 363. The average Bonchev–Trinajstić information content (AvgIpc) is 3.13. The minimum Gasteiger partial charge on any atom is -0.481 e. The molecule has 0 aromatic heterocycles. The molecular formula is C16H30N2O3. The topological polar surface area (TPSA) is 78.4 Å². The molecule has 0 radical (unpaired) electrons. The molecule has 1 unspecified atom stereocenters. The van der Waals surface area contributed by atoms with E-state index in [1.165, 1.54) is 12.8 Å². The molecule has 0 bridgehead atoms. The molecule has 0 heterocycles. The maximum atomic E-state index is 11.8. The van der Waals surface area contributed by atoms with Crippen molar-refractivity contribution in [2.75, 3.05) is 13.1 Å². The zero-order valence-corrected chi connectivity index (χ0v) is 13.7. The van der Waals surface area contributed by atoms with Crippen molar-refractivity contribution in [2.45, 2.75) is 53.4 Å². The van der Waals surface area contributed by atoms with Crippen LogP contribution in [0.3, 0.4) is 0 Å². The second-order valence-corrected chi connectivity index (χ2v) is 7.17. The highest BCUT2D eigenvalue weighted by atomic mass is 16.4. The van der Waals surface area contributed by atoms with E-state index in [0.29, 0.717) is 24.9 Å². The highest BCUT2D eigenvalue weighted by Crippen LogP contribution is 2.51. The van der Waals surface area contributed by atoms with Crippen LogP contribution in [-0.2, 0) is 4.79 Å². The van der Waals surface area contributed by atoms with Gasteiger partial charge in [0.05, 0.1) is 0 Å². The van der Waals surface area contributed by atoms with Gasteiger partial charge in [-0.15, -0.1) is 0 Å². The van der Waals surface area contributed by atoms with Crippen LogP contribution in [0, 0.1) is 23.2 Å². The summed E-state index contributed by atoms with van der Waals surface area (Å²) >= 11 is 0. The zero-order valence-electron chi connectivity index (χ0n) is 13.7. The van der Waals surface area contributed by atoms with Crippen molar-refractivity contribution in [3.8, 4) is 0 Å². The number of hydrogen-bond donors (Lipinski definition) is 3. The lowest BCUT2D eigenvalue weighted by atomic mass is 9.92. The van der Waals surface area contributed by atoms with Crippen molar-refractivity contribution < 1.29 is 14.7 Å². The van der Waals surface area contributed by atoms with Gasteiger partial charge in [0.1, 0.15) is 0 Å². The number of carbonyl (C=O) groups is 2. The van der Waals surface area contributed by atoms with Crippen LogP contribution < -0.4 is 10.6 Å². The summed E-state index contributed by atoms with van der Waals surface area (Å²) in [5.41, 5.74) is 0.287. The van der Waals surface area contributed by atoms with Gasteiger partial charge in [0, 0.05) is 19.5 Å². The molecule has 5 heteroatoms. The Morgan fingerprint density at radius 2 is 1.76 bits per heavy atom. The van der Waals surface area contributed by atoms with E-state index < -0.39 is 5.97 Å². The number of urea groups is 1. The van der Waals surface area contributed by atoms with E-state index in [0.717, 1.165) is 6.42 Å². The number of carboxylic acids is 1. The van der Waals surface area contributed by atoms with Crippen LogP contribution in [0.25, 0.3) is 0 Å². The predicted octanol–water partition coefficient (Wildman–Crippen LogP) is 2.86. The van der Waals surface area contributed by atoms with Crippen LogP contribution in [0.4, 0.5) is 4.79 Å². The van der Waals surface area contributed by atoms with Crippen molar-refractivity contribution in [1.29, 1.82) is 0 Å². The second kappa shape index (κ2) is 7.66.